The minimum absolute atomic E-state index is 0.0272. The van der Waals surface area contributed by atoms with Crippen LogP contribution in [0, 0.1) is 17.0 Å². The fourth-order valence-electron chi connectivity index (χ4n) is 2.15. The van der Waals surface area contributed by atoms with E-state index in [1.807, 2.05) is 37.3 Å². The molecule has 2 atom stereocenters. The number of nitrogens with one attached hydrogen (secondary N) is 1. The van der Waals surface area contributed by atoms with Crippen molar-refractivity contribution in [2.45, 2.75) is 32.9 Å². The van der Waals surface area contributed by atoms with E-state index >= 15 is 0 Å². The highest BCUT2D eigenvalue weighted by Gasteiger charge is 2.23. The van der Waals surface area contributed by atoms with E-state index < -0.39 is 16.8 Å². The zero-order chi connectivity index (χ0) is 17.7. The molecule has 0 saturated heterocycles. The van der Waals surface area contributed by atoms with E-state index in [0.717, 1.165) is 5.56 Å². The first-order chi connectivity index (χ1) is 11.4. The second-order valence-corrected chi connectivity index (χ2v) is 5.43. The zero-order valence-corrected chi connectivity index (χ0v) is 13.7. The summed E-state index contributed by atoms with van der Waals surface area (Å²) < 4.78 is 5.44. The predicted molar refractivity (Wildman–Crippen MR) is 88.7 cm³/mol. The van der Waals surface area contributed by atoms with Crippen molar-refractivity contribution in [3.63, 3.8) is 0 Å². The summed E-state index contributed by atoms with van der Waals surface area (Å²) in [7, 11) is 0. The van der Waals surface area contributed by atoms with Crippen LogP contribution in [0.4, 0.5) is 5.82 Å². The van der Waals surface area contributed by atoms with E-state index in [4.69, 9.17) is 4.74 Å². The fraction of sp³-hybridized carbons (Fsp3) is 0.294. The van der Waals surface area contributed by atoms with Crippen LogP contribution in [0.2, 0.25) is 0 Å². The van der Waals surface area contributed by atoms with E-state index in [1.54, 1.807) is 13.0 Å². The van der Waals surface area contributed by atoms with E-state index in [-0.39, 0.29) is 17.7 Å². The highest BCUT2D eigenvalue weighted by molar-refractivity contribution is 5.81. The summed E-state index contributed by atoms with van der Waals surface area (Å²) in [6.45, 7) is 5.04. The Hall–Kier alpha value is -2.96. The van der Waals surface area contributed by atoms with Crippen molar-refractivity contribution in [2.24, 2.45) is 0 Å². The Bertz CT molecular complexity index is 734. The molecule has 7 heteroatoms. The number of pyridine rings is 1. The number of nitrogens with zero attached hydrogens (tertiary/aromatic N) is 2. The SMILES string of the molecule is Cc1ccc(OC(C)C(=O)NC(C)c2ccccc2)c([N+](=O)[O-])n1. The molecule has 0 saturated carbocycles. The van der Waals surface area contributed by atoms with Crippen LogP contribution in [0.5, 0.6) is 5.75 Å². The molecule has 1 aromatic carbocycles. The third-order valence-corrected chi connectivity index (χ3v) is 3.48. The molecule has 126 valence electrons. The molecule has 1 amide bonds. The maximum atomic E-state index is 12.3. The molecule has 0 radical (unpaired) electrons. The number of carbonyl (C=O) groups is 1. The van der Waals surface area contributed by atoms with Crippen molar-refractivity contribution in [3.8, 4) is 5.75 Å². The number of aromatic nitrogens is 1. The minimum atomic E-state index is -0.889. The van der Waals surface area contributed by atoms with Crippen molar-refractivity contribution >= 4 is 11.7 Å². The molecule has 2 rings (SSSR count). The third-order valence-electron chi connectivity index (χ3n) is 3.48. The molecule has 1 aromatic heterocycles. The van der Waals surface area contributed by atoms with Gasteiger partial charge in [0.05, 0.1) is 6.04 Å². The van der Waals surface area contributed by atoms with Crippen molar-refractivity contribution in [1.29, 1.82) is 0 Å². The van der Waals surface area contributed by atoms with E-state index in [9.17, 15) is 14.9 Å². The van der Waals surface area contributed by atoms with Gasteiger partial charge in [-0.25, -0.2) is 0 Å². The van der Waals surface area contributed by atoms with Gasteiger partial charge in [-0.15, -0.1) is 0 Å². The van der Waals surface area contributed by atoms with Crippen LogP contribution in [0.1, 0.15) is 31.1 Å². The van der Waals surface area contributed by atoms with Crippen LogP contribution in [0.25, 0.3) is 0 Å². The molecule has 0 aliphatic rings. The molecule has 0 bridgehead atoms. The van der Waals surface area contributed by atoms with Gasteiger partial charge >= 0.3 is 5.82 Å². The number of benzene rings is 1. The molecule has 0 spiro atoms. The molecule has 1 N–H and O–H groups in total. The lowest BCUT2D eigenvalue weighted by atomic mass is 10.1. The molecular formula is C17H19N3O4. The second-order valence-electron chi connectivity index (χ2n) is 5.43. The highest BCUT2D eigenvalue weighted by Crippen LogP contribution is 2.25. The van der Waals surface area contributed by atoms with Crippen LogP contribution in [-0.4, -0.2) is 21.9 Å². The summed E-state index contributed by atoms with van der Waals surface area (Å²) >= 11 is 0. The van der Waals surface area contributed by atoms with Gasteiger partial charge in [0.2, 0.25) is 5.75 Å². The number of ether oxygens (including phenoxy) is 1. The monoisotopic (exact) mass is 329 g/mol. The maximum Gasteiger partial charge on any atom is 0.406 e. The molecule has 0 fully saturated rings. The van der Waals surface area contributed by atoms with E-state index in [0.29, 0.717) is 5.69 Å². The number of rotatable bonds is 6. The average molecular weight is 329 g/mol. The molecule has 0 aliphatic carbocycles. The number of aryl methyl sites for hydroxylation is 1. The van der Waals surface area contributed by atoms with Gasteiger partial charge in [-0.1, -0.05) is 30.3 Å². The highest BCUT2D eigenvalue weighted by atomic mass is 16.6. The van der Waals surface area contributed by atoms with Crippen molar-refractivity contribution in [1.82, 2.24) is 10.3 Å². The van der Waals surface area contributed by atoms with Gasteiger partial charge in [0.15, 0.2) is 6.10 Å². The van der Waals surface area contributed by atoms with E-state index in [1.165, 1.54) is 13.0 Å². The Balaban J connectivity index is 2.06. The first-order valence-corrected chi connectivity index (χ1v) is 7.52. The average Bonchev–Trinajstić information content (AvgIpc) is 2.56. The molecule has 2 aromatic rings. The smallest absolute Gasteiger partial charge is 0.406 e. The first-order valence-electron chi connectivity index (χ1n) is 7.52. The summed E-state index contributed by atoms with van der Waals surface area (Å²) in [5.74, 6) is -0.785. The zero-order valence-electron chi connectivity index (χ0n) is 13.7. The second kappa shape index (κ2) is 7.54. The third kappa shape index (κ3) is 4.28. The largest absolute Gasteiger partial charge is 0.473 e. The lowest BCUT2D eigenvalue weighted by molar-refractivity contribution is -0.390. The number of hydrogen-bond donors (Lipinski definition) is 1. The van der Waals surface area contributed by atoms with E-state index in [2.05, 4.69) is 10.3 Å². The fourth-order valence-corrected chi connectivity index (χ4v) is 2.15. The summed E-state index contributed by atoms with van der Waals surface area (Å²) in [4.78, 5) is 26.5. The number of amides is 1. The standard InChI is InChI=1S/C17H19N3O4/c1-11-9-10-15(16(18-11)20(22)23)24-13(3)17(21)19-12(2)14-7-5-4-6-8-14/h4-10,12-13H,1-3H3,(H,19,21). The van der Waals surface area contributed by atoms with Crippen LogP contribution in [0.3, 0.4) is 0 Å². The molecule has 24 heavy (non-hydrogen) atoms. The molecule has 1 heterocycles. The topological polar surface area (TPSA) is 94.4 Å². The Morgan fingerprint density at radius 3 is 2.50 bits per heavy atom. The minimum Gasteiger partial charge on any atom is -0.473 e. The van der Waals surface area contributed by atoms with Crippen molar-refractivity contribution < 1.29 is 14.5 Å². The Labute approximate surface area is 139 Å². The molecule has 7 nitrogen and oxygen atoms in total. The lowest BCUT2D eigenvalue weighted by Crippen LogP contribution is -2.37. The van der Waals surface area contributed by atoms with Crippen molar-refractivity contribution in [3.05, 3.63) is 63.8 Å². The van der Waals surface area contributed by atoms with Crippen LogP contribution >= 0.6 is 0 Å². The van der Waals surface area contributed by atoms with Gasteiger partial charge in [0, 0.05) is 6.92 Å². The van der Waals surface area contributed by atoms with Gasteiger partial charge in [-0.05, 0) is 41.5 Å². The summed E-state index contributed by atoms with van der Waals surface area (Å²) in [6, 6.07) is 12.3. The maximum absolute atomic E-state index is 12.3. The Morgan fingerprint density at radius 1 is 1.21 bits per heavy atom. The van der Waals surface area contributed by atoms with Gasteiger partial charge in [-0.3, -0.25) is 4.79 Å². The van der Waals surface area contributed by atoms with Gasteiger partial charge in [0.25, 0.3) is 5.91 Å². The van der Waals surface area contributed by atoms with Crippen LogP contribution in [-0.2, 0) is 4.79 Å². The molecule has 0 aliphatic heterocycles. The normalized spacial score (nSPS) is 13.0. The molecular weight excluding hydrogens is 310 g/mol. The van der Waals surface area contributed by atoms with Crippen LogP contribution in [0.15, 0.2) is 42.5 Å². The quantitative estimate of drug-likeness (QED) is 0.649. The van der Waals surface area contributed by atoms with Crippen LogP contribution < -0.4 is 10.1 Å². The van der Waals surface area contributed by atoms with Crippen molar-refractivity contribution in [2.75, 3.05) is 0 Å². The predicted octanol–water partition coefficient (Wildman–Crippen LogP) is 2.94. The summed E-state index contributed by atoms with van der Waals surface area (Å²) in [5, 5.41) is 13.9. The molecule has 2 unspecified atom stereocenters. The Kier molecular flexibility index (Phi) is 5.47. The lowest BCUT2D eigenvalue weighted by Gasteiger charge is -2.18. The van der Waals surface area contributed by atoms with Gasteiger partial charge in [-0.2, -0.15) is 0 Å². The summed E-state index contributed by atoms with van der Waals surface area (Å²) in [5.41, 5.74) is 1.46. The number of nitro groups is 1. The summed E-state index contributed by atoms with van der Waals surface area (Å²) in [6.07, 6.45) is -0.889. The van der Waals surface area contributed by atoms with Gasteiger partial charge < -0.3 is 20.2 Å². The number of carbonyl (C=O) groups excluding carboxylic acids is 1. The number of hydrogen-bond acceptors (Lipinski definition) is 5. The first kappa shape index (κ1) is 17.4. The van der Waals surface area contributed by atoms with Gasteiger partial charge in [0.1, 0.15) is 5.69 Å². The Morgan fingerprint density at radius 2 is 1.88 bits per heavy atom.